The fourth-order valence-electron chi connectivity index (χ4n) is 2.40. The molecular weight excluding hydrogens is 258 g/mol. The number of carbonyl (C=O) groups excluding carboxylic acids is 1. The Labute approximate surface area is 121 Å². The highest BCUT2D eigenvalue weighted by Gasteiger charge is 2.28. The van der Waals surface area contributed by atoms with E-state index in [9.17, 15) is 14.7 Å². The topological polar surface area (TPSA) is 72.9 Å². The molecule has 1 saturated heterocycles. The Morgan fingerprint density at radius 3 is 2.25 bits per heavy atom. The Hall–Kier alpha value is -1.30. The van der Waals surface area contributed by atoms with Crippen LogP contribution in [0.4, 0.5) is 4.79 Å². The second-order valence-electron chi connectivity index (χ2n) is 5.48. The van der Waals surface area contributed by atoms with Crippen LogP contribution < -0.4 is 5.32 Å². The van der Waals surface area contributed by atoms with Gasteiger partial charge in [0.15, 0.2) is 0 Å². The molecule has 0 spiro atoms. The normalized spacial score (nSPS) is 19.4. The molecule has 0 aromatic carbocycles. The Morgan fingerprint density at radius 2 is 1.80 bits per heavy atom. The molecule has 2 atom stereocenters. The van der Waals surface area contributed by atoms with Gasteiger partial charge in [0, 0.05) is 26.2 Å². The molecule has 1 aliphatic rings. The summed E-state index contributed by atoms with van der Waals surface area (Å²) >= 11 is 0. The lowest BCUT2D eigenvalue weighted by molar-refractivity contribution is -0.140. The zero-order valence-corrected chi connectivity index (χ0v) is 12.8. The summed E-state index contributed by atoms with van der Waals surface area (Å²) in [5.41, 5.74) is 0. The third kappa shape index (κ3) is 4.67. The first-order chi connectivity index (χ1) is 9.49. The highest BCUT2D eigenvalue weighted by atomic mass is 16.4. The minimum absolute atomic E-state index is 0.0715. The molecule has 2 N–H and O–H groups in total. The van der Waals surface area contributed by atoms with Crippen LogP contribution >= 0.6 is 0 Å². The molecule has 116 valence electrons. The number of carboxylic acid groups (broad SMARTS) is 1. The van der Waals surface area contributed by atoms with Crippen LogP contribution in [0.15, 0.2) is 0 Å². The first-order valence-electron chi connectivity index (χ1n) is 7.50. The zero-order chi connectivity index (χ0) is 15.1. The van der Waals surface area contributed by atoms with Gasteiger partial charge in [0.25, 0.3) is 0 Å². The Kier molecular flexibility index (Phi) is 6.78. The second kappa shape index (κ2) is 8.09. The summed E-state index contributed by atoms with van der Waals surface area (Å²) in [6, 6.07) is -1.06. The maximum Gasteiger partial charge on any atom is 0.326 e. The fourth-order valence-corrected chi connectivity index (χ4v) is 2.40. The summed E-state index contributed by atoms with van der Waals surface area (Å²) in [7, 11) is 0. The van der Waals surface area contributed by atoms with Gasteiger partial charge >= 0.3 is 12.0 Å². The predicted octanol–water partition coefficient (Wildman–Crippen LogP) is 1.22. The van der Waals surface area contributed by atoms with Gasteiger partial charge in [0.2, 0.25) is 0 Å². The minimum atomic E-state index is -0.961. The summed E-state index contributed by atoms with van der Waals surface area (Å²) in [5, 5.41) is 11.8. The van der Waals surface area contributed by atoms with Gasteiger partial charge in [0.1, 0.15) is 6.04 Å². The number of nitrogens with zero attached hydrogens (tertiary/aromatic N) is 2. The average molecular weight is 285 g/mol. The van der Waals surface area contributed by atoms with Crippen molar-refractivity contribution >= 4 is 12.0 Å². The van der Waals surface area contributed by atoms with Gasteiger partial charge in [-0.2, -0.15) is 0 Å². The molecule has 0 unspecified atom stereocenters. The van der Waals surface area contributed by atoms with E-state index >= 15 is 0 Å². The van der Waals surface area contributed by atoms with E-state index in [0.717, 1.165) is 32.5 Å². The smallest absolute Gasteiger partial charge is 0.326 e. The first-order valence-corrected chi connectivity index (χ1v) is 7.50. The number of amides is 2. The average Bonchev–Trinajstić information content (AvgIpc) is 2.44. The minimum Gasteiger partial charge on any atom is -0.480 e. The standard InChI is InChI=1S/C14H27N3O3/c1-4-6-16-7-9-17(10-8-16)14(20)15-12(13(18)19)11(3)5-2/h11-12H,4-10H2,1-3H3,(H,15,20)(H,18,19)/t11-,12-/m0/s1. The van der Waals surface area contributed by atoms with E-state index in [1.807, 2.05) is 13.8 Å². The largest absolute Gasteiger partial charge is 0.480 e. The molecule has 0 aliphatic carbocycles. The maximum absolute atomic E-state index is 12.1. The van der Waals surface area contributed by atoms with Crippen LogP contribution in [0, 0.1) is 5.92 Å². The van der Waals surface area contributed by atoms with Gasteiger partial charge in [-0.15, -0.1) is 0 Å². The van der Waals surface area contributed by atoms with E-state index < -0.39 is 12.0 Å². The lowest BCUT2D eigenvalue weighted by Crippen LogP contribution is -2.55. The number of aliphatic carboxylic acids is 1. The lowest BCUT2D eigenvalue weighted by Gasteiger charge is -2.35. The van der Waals surface area contributed by atoms with Crippen molar-refractivity contribution in [1.82, 2.24) is 15.1 Å². The molecule has 0 aromatic heterocycles. The summed E-state index contributed by atoms with van der Waals surface area (Å²) in [5.74, 6) is -1.03. The lowest BCUT2D eigenvalue weighted by atomic mass is 9.99. The maximum atomic E-state index is 12.1. The number of rotatable bonds is 6. The van der Waals surface area contributed by atoms with E-state index in [-0.39, 0.29) is 11.9 Å². The van der Waals surface area contributed by atoms with E-state index in [4.69, 9.17) is 0 Å². The molecule has 2 amide bonds. The molecule has 6 nitrogen and oxygen atoms in total. The van der Waals surface area contributed by atoms with Crippen LogP contribution in [0.5, 0.6) is 0 Å². The number of nitrogens with one attached hydrogen (secondary N) is 1. The van der Waals surface area contributed by atoms with Gasteiger partial charge in [0.05, 0.1) is 0 Å². The molecule has 0 bridgehead atoms. The number of urea groups is 1. The molecule has 0 radical (unpaired) electrons. The molecule has 1 fully saturated rings. The predicted molar refractivity (Wildman–Crippen MR) is 77.7 cm³/mol. The molecule has 0 aromatic rings. The van der Waals surface area contributed by atoms with Crippen LogP contribution in [0.3, 0.4) is 0 Å². The number of carboxylic acids is 1. The van der Waals surface area contributed by atoms with Crippen molar-refractivity contribution in [3.8, 4) is 0 Å². The van der Waals surface area contributed by atoms with Gasteiger partial charge in [-0.05, 0) is 18.9 Å². The molecular formula is C14H27N3O3. The third-order valence-electron chi connectivity index (χ3n) is 3.96. The van der Waals surface area contributed by atoms with Gasteiger partial charge < -0.3 is 15.3 Å². The van der Waals surface area contributed by atoms with Crippen molar-refractivity contribution in [2.24, 2.45) is 5.92 Å². The number of piperazine rings is 1. The van der Waals surface area contributed by atoms with E-state index in [1.54, 1.807) is 4.90 Å². The number of hydrogen-bond acceptors (Lipinski definition) is 3. The van der Waals surface area contributed by atoms with Crippen LogP contribution in [0.1, 0.15) is 33.6 Å². The van der Waals surface area contributed by atoms with E-state index in [0.29, 0.717) is 13.1 Å². The van der Waals surface area contributed by atoms with Crippen molar-refractivity contribution in [2.75, 3.05) is 32.7 Å². The summed E-state index contributed by atoms with van der Waals surface area (Å²) < 4.78 is 0. The van der Waals surface area contributed by atoms with Crippen LogP contribution in [-0.4, -0.2) is 65.7 Å². The second-order valence-corrected chi connectivity index (χ2v) is 5.48. The van der Waals surface area contributed by atoms with E-state index in [1.165, 1.54) is 0 Å². The first kappa shape index (κ1) is 16.8. The van der Waals surface area contributed by atoms with E-state index in [2.05, 4.69) is 17.1 Å². The Morgan fingerprint density at radius 1 is 1.20 bits per heavy atom. The molecule has 1 rings (SSSR count). The zero-order valence-electron chi connectivity index (χ0n) is 12.8. The van der Waals surface area contributed by atoms with Crippen LogP contribution in [0.25, 0.3) is 0 Å². The number of carbonyl (C=O) groups is 2. The van der Waals surface area contributed by atoms with Crippen molar-refractivity contribution in [3.05, 3.63) is 0 Å². The molecule has 0 saturated carbocycles. The summed E-state index contributed by atoms with van der Waals surface area (Å²) in [6.07, 6.45) is 1.84. The molecule has 1 heterocycles. The molecule has 1 aliphatic heterocycles. The summed E-state index contributed by atoms with van der Waals surface area (Å²) in [4.78, 5) is 27.4. The highest BCUT2D eigenvalue weighted by Crippen LogP contribution is 2.09. The van der Waals surface area contributed by atoms with Gasteiger partial charge in [-0.3, -0.25) is 4.90 Å². The monoisotopic (exact) mass is 285 g/mol. The van der Waals surface area contributed by atoms with Gasteiger partial charge in [-0.1, -0.05) is 27.2 Å². The quantitative estimate of drug-likeness (QED) is 0.769. The highest BCUT2D eigenvalue weighted by molar-refractivity contribution is 5.82. The molecule has 6 heteroatoms. The van der Waals surface area contributed by atoms with Crippen molar-refractivity contribution in [3.63, 3.8) is 0 Å². The SMILES string of the molecule is CCCN1CCN(C(=O)N[C@H](C(=O)O)[C@@H](C)CC)CC1. The van der Waals surface area contributed by atoms with Gasteiger partial charge in [-0.25, -0.2) is 9.59 Å². The fraction of sp³-hybridized carbons (Fsp3) is 0.857. The third-order valence-corrected chi connectivity index (χ3v) is 3.96. The van der Waals surface area contributed by atoms with Crippen LogP contribution in [-0.2, 0) is 4.79 Å². The number of hydrogen-bond donors (Lipinski definition) is 2. The van der Waals surface area contributed by atoms with Crippen molar-refractivity contribution in [2.45, 2.75) is 39.7 Å². The van der Waals surface area contributed by atoms with Crippen molar-refractivity contribution in [1.29, 1.82) is 0 Å². The molecule has 20 heavy (non-hydrogen) atoms. The Balaban J connectivity index is 2.48. The van der Waals surface area contributed by atoms with Crippen molar-refractivity contribution < 1.29 is 14.7 Å². The Bertz CT molecular complexity index is 328. The summed E-state index contributed by atoms with van der Waals surface area (Å²) in [6.45, 7) is 10.0. The van der Waals surface area contributed by atoms with Crippen LogP contribution in [0.2, 0.25) is 0 Å².